The Hall–Kier alpha value is -6.07. The van der Waals surface area contributed by atoms with Gasteiger partial charge in [0.15, 0.2) is 11.6 Å². The van der Waals surface area contributed by atoms with E-state index in [0.29, 0.717) is 28.6 Å². The molecule has 0 radical (unpaired) electrons. The third-order valence-electron chi connectivity index (χ3n) is 8.24. The number of hydrogen-bond donors (Lipinski definition) is 1. The molecule has 0 saturated heterocycles. The zero-order chi connectivity index (χ0) is 34.3. The van der Waals surface area contributed by atoms with E-state index in [1.165, 1.54) is 41.2 Å². The van der Waals surface area contributed by atoms with Crippen LogP contribution in [0.15, 0.2) is 132 Å². The van der Waals surface area contributed by atoms with E-state index >= 15 is 0 Å². The van der Waals surface area contributed by atoms with Crippen LogP contribution in [0.1, 0.15) is 32.7 Å². The Bertz CT molecular complexity index is 2480. The summed E-state index contributed by atoms with van der Waals surface area (Å²) in [7, 11) is -4.23. The van der Waals surface area contributed by atoms with Crippen LogP contribution in [0.25, 0.3) is 16.6 Å². The van der Waals surface area contributed by atoms with Gasteiger partial charge in [-0.1, -0.05) is 66.7 Å². The first-order chi connectivity index (χ1) is 23.6. The van der Waals surface area contributed by atoms with E-state index in [4.69, 9.17) is 10.5 Å². The van der Waals surface area contributed by atoms with Gasteiger partial charge >= 0.3 is 0 Å². The second-order valence-electron chi connectivity index (χ2n) is 11.4. The number of aryl methyl sites for hydroxylation is 1. The van der Waals surface area contributed by atoms with Crippen molar-refractivity contribution in [2.24, 2.45) is 0 Å². The van der Waals surface area contributed by atoms with Crippen molar-refractivity contribution in [1.29, 1.82) is 0 Å². The van der Waals surface area contributed by atoms with Gasteiger partial charge in [0, 0.05) is 5.39 Å². The topological polar surface area (TPSA) is 109 Å². The van der Waals surface area contributed by atoms with Crippen LogP contribution in [0.4, 0.5) is 14.6 Å². The van der Waals surface area contributed by atoms with Crippen LogP contribution >= 0.6 is 0 Å². The van der Waals surface area contributed by atoms with Gasteiger partial charge in [-0.3, -0.25) is 4.79 Å². The first kappa shape index (κ1) is 31.5. The number of nitrogens with two attached hydrogens (primary N) is 1. The number of carbonyl (C=O) groups is 1. The van der Waals surface area contributed by atoms with Gasteiger partial charge < -0.3 is 10.5 Å². The highest BCUT2D eigenvalue weighted by Gasteiger charge is 2.30. The smallest absolute Gasteiger partial charge is 0.268 e. The summed E-state index contributed by atoms with van der Waals surface area (Å²) in [5, 5.41) is 4.98. The molecule has 8 nitrogen and oxygen atoms in total. The summed E-state index contributed by atoms with van der Waals surface area (Å²) in [6, 6.07) is 33.0. The number of halogens is 2. The minimum Gasteiger partial charge on any atom is -0.454 e. The van der Waals surface area contributed by atoms with Gasteiger partial charge in [0.25, 0.3) is 10.0 Å². The van der Waals surface area contributed by atoms with E-state index in [1.807, 2.05) is 36.4 Å². The summed E-state index contributed by atoms with van der Waals surface area (Å²) in [5.74, 6) is -2.82. The molecule has 0 spiro atoms. The van der Waals surface area contributed by atoms with Crippen LogP contribution in [0.5, 0.6) is 11.5 Å². The number of nitrogen functional groups attached to an aromatic ring is 1. The van der Waals surface area contributed by atoms with Crippen LogP contribution in [-0.4, -0.2) is 28.0 Å². The maximum atomic E-state index is 14.3. The normalized spacial score (nSPS) is 11.6. The average Bonchev–Trinajstić information content (AvgIpc) is 3.69. The lowest BCUT2D eigenvalue weighted by Crippen LogP contribution is -2.19. The molecular weight excluding hydrogens is 647 g/mol. The number of anilines is 1. The van der Waals surface area contributed by atoms with Crippen LogP contribution in [0, 0.1) is 18.6 Å². The molecule has 0 unspecified atom stereocenters. The molecule has 0 aliphatic carbocycles. The lowest BCUT2D eigenvalue weighted by Gasteiger charge is -2.13. The molecule has 7 rings (SSSR count). The van der Waals surface area contributed by atoms with Crippen LogP contribution in [0.3, 0.4) is 0 Å². The number of aromatic nitrogens is 3. The molecule has 0 aliphatic heterocycles. The molecule has 0 bridgehead atoms. The first-order valence-corrected chi connectivity index (χ1v) is 16.7. The highest BCUT2D eigenvalue weighted by Crippen LogP contribution is 2.33. The van der Waals surface area contributed by atoms with Gasteiger partial charge in [-0.05, 0) is 84.6 Å². The van der Waals surface area contributed by atoms with Gasteiger partial charge in [0.2, 0.25) is 11.6 Å². The Morgan fingerprint density at radius 3 is 2.31 bits per heavy atom. The molecular formula is C38H28F2N4O4S. The van der Waals surface area contributed by atoms with Crippen molar-refractivity contribution in [3.05, 3.63) is 167 Å². The molecule has 244 valence electrons. The maximum absolute atomic E-state index is 14.3. The number of carbonyl (C=O) groups excluding carboxylic acids is 1. The highest BCUT2D eigenvalue weighted by atomic mass is 32.2. The standard InChI is InChI=1S/C38H28F2N4O4S/c1-24-20-27(48-35-17-9-15-31(39)36(35)40)18-19-32(24)43-38(41)30(23-42-43)37(45)34-22-29-26(21-25-10-4-2-5-11-25)12-8-16-33(29)44(34)49(46,47)28-13-6-3-7-14-28/h2-20,22-23H,21,41H2,1H3. The fourth-order valence-electron chi connectivity index (χ4n) is 5.83. The van der Waals surface area contributed by atoms with Crippen molar-refractivity contribution in [2.75, 3.05) is 5.73 Å². The molecule has 11 heteroatoms. The zero-order valence-corrected chi connectivity index (χ0v) is 26.9. The summed E-state index contributed by atoms with van der Waals surface area (Å²) in [6.45, 7) is 1.74. The van der Waals surface area contributed by atoms with Gasteiger partial charge in [0.1, 0.15) is 17.3 Å². The molecule has 2 N–H and O–H groups in total. The molecule has 7 aromatic rings. The monoisotopic (exact) mass is 674 g/mol. The molecule has 49 heavy (non-hydrogen) atoms. The molecule has 5 aromatic carbocycles. The Morgan fingerprint density at radius 2 is 1.57 bits per heavy atom. The molecule has 2 aromatic heterocycles. The second-order valence-corrected chi connectivity index (χ2v) is 13.2. The van der Waals surface area contributed by atoms with E-state index in [2.05, 4.69) is 5.10 Å². The Balaban J connectivity index is 1.30. The van der Waals surface area contributed by atoms with Crippen LogP contribution in [-0.2, 0) is 16.4 Å². The number of fused-ring (bicyclic) bond motifs is 1. The number of hydrogen-bond acceptors (Lipinski definition) is 6. The fraction of sp³-hybridized carbons (Fsp3) is 0.0526. The average molecular weight is 675 g/mol. The minimum atomic E-state index is -4.23. The Morgan fingerprint density at radius 1 is 0.857 bits per heavy atom. The SMILES string of the molecule is Cc1cc(Oc2cccc(F)c2F)ccc1-n1ncc(C(=O)c2cc3c(Cc4ccccc4)cccc3n2S(=O)(=O)c2ccccc2)c1N. The number of nitrogens with zero attached hydrogens (tertiary/aromatic N) is 3. The Labute approximate surface area is 280 Å². The van der Waals surface area contributed by atoms with Gasteiger partial charge in [-0.2, -0.15) is 9.49 Å². The summed E-state index contributed by atoms with van der Waals surface area (Å²) in [6.07, 6.45) is 1.82. The number of rotatable bonds is 9. The number of ketones is 1. The fourth-order valence-corrected chi connectivity index (χ4v) is 7.36. The molecule has 0 fully saturated rings. The van der Waals surface area contributed by atoms with E-state index in [-0.39, 0.29) is 33.5 Å². The lowest BCUT2D eigenvalue weighted by atomic mass is 10.0. The largest absolute Gasteiger partial charge is 0.454 e. The third kappa shape index (κ3) is 5.74. The summed E-state index contributed by atoms with van der Waals surface area (Å²) in [4.78, 5) is 14.4. The predicted molar refractivity (Wildman–Crippen MR) is 183 cm³/mol. The van der Waals surface area contributed by atoms with Crippen molar-refractivity contribution in [2.45, 2.75) is 18.2 Å². The first-order valence-electron chi connectivity index (χ1n) is 15.2. The van der Waals surface area contributed by atoms with Crippen molar-refractivity contribution >= 4 is 32.5 Å². The predicted octanol–water partition coefficient (Wildman–Crippen LogP) is 7.85. The van der Waals surface area contributed by atoms with E-state index in [0.717, 1.165) is 21.2 Å². The summed E-state index contributed by atoms with van der Waals surface area (Å²) >= 11 is 0. The second kappa shape index (κ2) is 12.5. The van der Waals surface area contributed by atoms with Crippen LogP contribution in [0.2, 0.25) is 0 Å². The van der Waals surface area contributed by atoms with Gasteiger partial charge in [-0.15, -0.1) is 0 Å². The van der Waals surface area contributed by atoms with E-state index in [9.17, 15) is 22.0 Å². The van der Waals surface area contributed by atoms with Crippen molar-refractivity contribution in [1.82, 2.24) is 13.8 Å². The van der Waals surface area contributed by atoms with Crippen molar-refractivity contribution < 1.29 is 26.7 Å². The Kier molecular flexibility index (Phi) is 8.05. The van der Waals surface area contributed by atoms with Crippen molar-refractivity contribution in [3.63, 3.8) is 0 Å². The molecule has 0 saturated carbocycles. The quantitative estimate of drug-likeness (QED) is 0.156. The highest BCUT2D eigenvalue weighted by molar-refractivity contribution is 7.90. The molecule has 0 aliphatic rings. The van der Waals surface area contributed by atoms with E-state index < -0.39 is 27.4 Å². The maximum Gasteiger partial charge on any atom is 0.268 e. The molecule has 2 heterocycles. The third-order valence-corrected chi connectivity index (χ3v) is 9.98. The molecule has 0 amide bonds. The number of benzene rings is 5. The van der Waals surface area contributed by atoms with Gasteiger partial charge in [-0.25, -0.2) is 21.5 Å². The van der Waals surface area contributed by atoms with Gasteiger partial charge in [0.05, 0.1) is 27.9 Å². The summed E-state index contributed by atoms with van der Waals surface area (Å²) < 4.78 is 64.3. The van der Waals surface area contributed by atoms with Crippen LogP contribution < -0.4 is 10.5 Å². The molecule has 0 atom stereocenters. The lowest BCUT2D eigenvalue weighted by molar-refractivity contribution is 0.103. The van der Waals surface area contributed by atoms with E-state index in [1.54, 1.807) is 55.5 Å². The van der Waals surface area contributed by atoms with Crippen molar-refractivity contribution in [3.8, 4) is 17.2 Å². The minimum absolute atomic E-state index is 0.00140. The summed E-state index contributed by atoms with van der Waals surface area (Å²) in [5.41, 5.74) is 9.77. The zero-order valence-electron chi connectivity index (χ0n) is 26.0. The number of ether oxygens (including phenoxy) is 1.